The summed E-state index contributed by atoms with van der Waals surface area (Å²) >= 11 is 1.99. The van der Waals surface area contributed by atoms with Crippen molar-refractivity contribution in [2.24, 2.45) is 5.92 Å². The van der Waals surface area contributed by atoms with E-state index in [1.807, 2.05) is 11.8 Å². The van der Waals surface area contributed by atoms with Crippen molar-refractivity contribution in [2.75, 3.05) is 31.2 Å². The van der Waals surface area contributed by atoms with Gasteiger partial charge in [0.15, 0.2) is 0 Å². The molecule has 0 bridgehead atoms. The first-order valence-corrected chi connectivity index (χ1v) is 7.53. The molecule has 0 aromatic heterocycles. The van der Waals surface area contributed by atoms with Crippen LogP contribution in [0.15, 0.2) is 0 Å². The molecule has 0 saturated carbocycles. The molecule has 0 aromatic rings. The Balaban J connectivity index is 1.56. The molecule has 3 fully saturated rings. The van der Waals surface area contributed by atoms with Gasteiger partial charge in [0.25, 0.3) is 0 Å². The molecule has 0 aromatic carbocycles. The summed E-state index contributed by atoms with van der Waals surface area (Å²) < 4.78 is 5.99. The number of carboxylic acids is 1. The van der Waals surface area contributed by atoms with Crippen molar-refractivity contribution in [3.63, 3.8) is 0 Å². The van der Waals surface area contributed by atoms with Gasteiger partial charge in [-0.2, -0.15) is 11.8 Å². The maximum absolute atomic E-state index is 10.8. The Bertz CT molecular complexity index is 311. The fraction of sp³-hybridized carbons (Fsp3) is 0.917. The van der Waals surface area contributed by atoms with E-state index in [0.717, 1.165) is 38.3 Å². The standard InChI is InChI=1S/C12H19NO3S/c14-11(15)9-6-13(7-9)10-1-3-16-12(5-10)2-4-17-8-12/h9-10H,1-8H2,(H,14,15). The Morgan fingerprint density at radius 2 is 2.29 bits per heavy atom. The Morgan fingerprint density at radius 1 is 1.47 bits per heavy atom. The summed E-state index contributed by atoms with van der Waals surface area (Å²) in [4.78, 5) is 13.1. The van der Waals surface area contributed by atoms with Gasteiger partial charge in [0.1, 0.15) is 0 Å². The molecule has 96 valence electrons. The molecule has 3 saturated heterocycles. The Kier molecular flexibility index (Phi) is 3.09. The molecule has 3 aliphatic heterocycles. The van der Waals surface area contributed by atoms with E-state index < -0.39 is 5.97 Å². The van der Waals surface area contributed by atoms with Gasteiger partial charge in [0.2, 0.25) is 0 Å². The maximum atomic E-state index is 10.8. The predicted octanol–water partition coefficient (Wildman–Crippen LogP) is 1.06. The van der Waals surface area contributed by atoms with Crippen LogP contribution in [0.3, 0.4) is 0 Å². The maximum Gasteiger partial charge on any atom is 0.309 e. The van der Waals surface area contributed by atoms with Crippen molar-refractivity contribution < 1.29 is 14.6 Å². The Hall–Kier alpha value is -0.260. The lowest BCUT2D eigenvalue weighted by atomic mass is 9.86. The minimum absolute atomic E-state index is 0.113. The molecule has 4 nitrogen and oxygen atoms in total. The summed E-state index contributed by atoms with van der Waals surface area (Å²) in [6, 6.07) is 0.554. The number of hydrogen-bond donors (Lipinski definition) is 1. The first-order valence-electron chi connectivity index (χ1n) is 6.37. The third-order valence-electron chi connectivity index (χ3n) is 4.31. The Morgan fingerprint density at radius 3 is 2.94 bits per heavy atom. The van der Waals surface area contributed by atoms with Crippen LogP contribution in [0.2, 0.25) is 0 Å². The normalized spacial score (nSPS) is 39.4. The molecule has 3 aliphatic rings. The van der Waals surface area contributed by atoms with E-state index in [1.165, 1.54) is 12.2 Å². The summed E-state index contributed by atoms with van der Waals surface area (Å²) in [5.74, 6) is 1.57. The van der Waals surface area contributed by atoms with E-state index in [-0.39, 0.29) is 11.5 Å². The van der Waals surface area contributed by atoms with Crippen LogP contribution in [0.1, 0.15) is 19.3 Å². The second-order valence-electron chi connectivity index (χ2n) is 5.47. The number of hydrogen-bond acceptors (Lipinski definition) is 4. The van der Waals surface area contributed by atoms with Crippen LogP contribution >= 0.6 is 11.8 Å². The van der Waals surface area contributed by atoms with Crippen molar-refractivity contribution in [1.29, 1.82) is 0 Å². The fourth-order valence-corrected chi connectivity index (χ4v) is 4.52. The van der Waals surface area contributed by atoms with E-state index in [2.05, 4.69) is 4.90 Å². The van der Waals surface area contributed by atoms with E-state index >= 15 is 0 Å². The quantitative estimate of drug-likeness (QED) is 0.801. The molecule has 1 N–H and O–H groups in total. The summed E-state index contributed by atoms with van der Waals surface area (Å²) in [5, 5.41) is 8.90. The van der Waals surface area contributed by atoms with Crippen LogP contribution in [-0.4, -0.2) is 58.8 Å². The van der Waals surface area contributed by atoms with Gasteiger partial charge in [-0.1, -0.05) is 0 Å². The number of thioether (sulfide) groups is 1. The van der Waals surface area contributed by atoms with Gasteiger partial charge < -0.3 is 9.84 Å². The zero-order valence-electron chi connectivity index (χ0n) is 9.93. The first kappa shape index (κ1) is 11.8. The van der Waals surface area contributed by atoms with E-state index in [0.29, 0.717) is 6.04 Å². The molecular formula is C12H19NO3S. The average molecular weight is 257 g/mol. The molecule has 5 heteroatoms. The van der Waals surface area contributed by atoms with Crippen LogP contribution in [0.25, 0.3) is 0 Å². The number of ether oxygens (including phenoxy) is 1. The molecule has 2 unspecified atom stereocenters. The first-order chi connectivity index (χ1) is 8.19. The van der Waals surface area contributed by atoms with Gasteiger partial charge in [0, 0.05) is 31.5 Å². The second-order valence-corrected chi connectivity index (χ2v) is 6.57. The lowest BCUT2D eigenvalue weighted by molar-refractivity contribution is -0.152. The monoisotopic (exact) mass is 257 g/mol. The van der Waals surface area contributed by atoms with Gasteiger partial charge in [0.05, 0.1) is 11.5 Å². The number of likely N-dealkylation sites (tertiary alicyclic amines) is 1. The van der Waals surface area contributed by atoms with Gasteiger partial charge in [-0.15, -0.1) is 0 Å². The highest BCUT2D eigenvalue weighted by Crippen LogP contribution is 2.40. The van der Waals surface area contributed by atoms with Crippen LogP contribution in [0.5, 0.6) is 0 Å². The SMILES string of the molecule is O=C(O)C1CN(C2CCOC3(CCSC3)C2)C1. The topological polar surface area (TPSA) is 49.8 Å². The zero-order chi connectivity index (χ0) is 11.9. The number of nitrogens with zero attached hydrogens (tertiary/aromatic N) is 1. The Labute approximate surface area is 106 Å². The summed E-state index contributed by atoms with van der Waals surface area (Å²) in [6.07, 6.45) is 3.34. The number of aliphatic carboxylic acids is 1. The summed E-state index contributed by atoms with van der Waals surface area (Å²) in [6.45, 7) is 2.33. The summed E-state index contributed by atoms with van der Waals surface area (Å²) in [5.41, 5.74) is 0.113. The zero-order valence-corrected chi connectivity index (χ0v) is 10.7. The fourth-order valence-electron chi connectivity index (χ4n) is 3.14. The van der Waals surface area contributed by atoms with Crippen molar-refractivity contribution in [2.45, 2.75) is 30.9 Å². The second kappa shape index (κ2) is 4.44. The van der Waals surface area contributed by atoms with E-state index in [1.54, 1.807) is 0 Å². The highest BCUT2D eigenvalue weighted by molar-refractivity contribution is 7.99. The number of carboxylic acid groups (broad SMARTS) is 1. The molecule has 0 amide bonds. The number of rotatable bonds is 2. The minimum atomic E-state index is -0.639. The molecule has 1 spiro atoms. The molecule has 2 atom stereocenters. The van der Waals surface area contributed by atoms with E-state index in [4.69, 9.17) is 9.84 Å². The molecule has 0 radical (unpaired) electrons. The van der Waals surface area contributed by atoms with Crippen LogP contribution in [0.4, 0.5) is 0 Å². The van der Waals surface area contributed by atoms with Crippen molar-refractivity contribution in [3.8, 4) is 0 Å². The third kappa shape index (κ3) is 2.20. The lowest BCUT2D eigenvalue weighted by Gasteiger charge is -2.48. The van der Waals surface area contributed by atoms with E-state index in [9.17, 15) is 4.79 Å². The average Bonchev–Trinajstić information content (AvgIpc) is 2.63. The molecular weight excluding hydrogens is 238 g/mol. The largest absolute Gasteiger partial charge is 0.481 e. The van der Waals surface area contributed by atoms with Crippen molar-refractivity contribution in [1.82, 2.24) is 4.90 Å². The smallest absolute Gasteiger partial charge is 0.309 e. The van der Waals surface area contributed by atoms with Crippen LogP contribution in [-0.2, 0) is 9.53 Å². The van der Waals surface area contributed by atoms with Crippen LogP contribution in [0, 0.1) is 5.92 Å². The highest BCUT2D eigenvalue weighted by Gasteiger charge is 2.45. The molecule has 3 heterocycles. The van der Waals surface area contributed by atoms with Gasteiger partial charge >= 0.3 is 5.97 Å². The molecule has 0 aliphatic carbocycles. The lowest BCUT2D eigenvalue weighted by Crippen LogP contribution is -2.58. The van der Waals surface area contributed by atoms with Gasteiger partial charge in [-0.05, 0) is 25.0 Å². The van der Waals surface area contributed by atoms with Crippen molar-refractivity contribution >= 4 is 17.7 Å². The van der Waals surface area contributed by atoms with Crippen molar-refractivity contribution in [3.05, 3.63) is 0 Å². The van der Waals surface area contributed by atoms with Crippen LogP contribution < -0.4 is 0 Å². The predicted molar refractivity (Wildman–Crippen MR) is 66.3 cm³/mol. The molecule has 3 rings (SSSR count). The van der Waals surface area contributed by atoms with Gasteiger partial charge in [-0.25, -0.2) is 0 Å². The molecule has 17 heavy (non-hydrogen) atoms. The van der Waals surface area contributed by atoms with Gasteiger partial charge in [-0.3, -0.25) is 9.69 Å². The number of carbonyl (C=O) groups is 1. The minimum Gasteiger partial charge on any atom is -0.481 e. The summed E-state index contributed by atoms with van der Waals surface area (Å²) in [7, 11) is 0. The third-order valence-corrected chi connectivity index (χ3v) is 5.53. The highest BCUT2D eigenvalue weighted by atomic mass is 32.2.